The molecule has 12 heteroatoms. The molecular weight excluding hydrogens is 458 g/mol. The molecule has 34 heavy (non-hydrogen) atoms. The summed E-state index contributed by atoms with van der Waals surface area (Å²) in [5, 5.41) is 7.16. The summed E-state index contributed by atoms with van der Waals surface area (Å²) in [5.41, 5.74) is 12.3. The third-order valence-corrected chi connectivity index (χ3v) is 6.46. The maximum atomic E-state index is 13.2. The molecule has 2 aliphatic heterocycles. The number of guanidine groups is 1. The SMILES string of the molecule is Nc1nc(N)c(C(=O)/N=C2\NCC3(CCN(C(=O)c4cccc5ncccc45)CC3)N2)nc1Cl. The number of nitrogens with one attached hydrogen (secondary N) is 2. The van der Waals surface area contributed by atoms with Crippen molar-refractivity contribution in [3.8, 4) is 0 Å². The van der Waals surface area contributed by atoms with E-state index in [-0.39, 0.29) is 33.9 Å². The van der Waals surface area contributed by atoms with Crippen molar-refractivity contribution in [2.75, 3.05) is 31.1 Å². The van der Waals surface area contributed by atoms with Crippen molar-refractivity contribution in [3.05, 3.63) is 52.9 Å². The second-order valence-electron chi connectivity index (χ2n) is 8.33. The summed E-state index contributed by atoms with van der Waals surface area (Å²) in [7, 11) is 0. The molecule has 5 rings (SSSR count). The Labute approximate surface area is 199 Å². The van der Waals surface area contributed by atoms with E-state index in [4.69, 9.17) is 23.1 Å². The van der Waals surface area contributed by atoms with E-state index < -0.39 is 5.91 Å². The average molecular weight is 480 g/mol. The number of rotatable bonds is 2. The zero-order chi connectivity index (χ0) is 23.9. The number of carbonyl (C=O) groups is 2. The zero-order valence-electron chi connectivity index (χ0n) is 18.1. The van der Waals surface area contributed by atoms with Crippen LogP contribution < -0.4 is 22.1 Å². The number of likely N-dealkylation sites (tertiary alicyclic amines) is 1. The van der Waals surface area contributed by atoms with E-state index in [0.717, 1.165) is 10.9 Å². The van der Waals surface area contributed by atoms with Gasteiger partial charge in [-0.1, -0.05) is 23.7 Å². The van der Waals surface area contributed by atoms with Gasteiger partial charge in [0.15, 0.2) is 28.4 Å². The Balaban J connectivity index is 1.26. The van der Waals surface area contributed by atoms with Gasteiger partial charge in [0, 0.05) is 36.8 Å². The second kappa shape index (κ2) is 8.41. The van der Waals surface area contributed by atoms with Gasteiger partial charge in [-0.2, -0.15) is 4.99 Å². The van der Waals surface area contributed by atoms with Crippen LogP contribution >= 0.6 is 11.6 Å². The van der Waals surface area contributed by atoms with Crippen LogP contribution in [0.4, 0.5) is 11.6 Å². The monoisotopic (exact) mass is 479 g/mol. The van der Waals surface area contributed by atoms with Gasteiger partial charge in [0.25, 0.3) is 5.91 Å². The summed E-state index contributed by atoms with van der Waals surface area (Å²) in [4.78, 5) is 43.7. The van der Waals surface area contributed by atoms with E-state index in [2.05, 4.69) is 30.6 Å². The first-order chi connectivity index (χ1) is 16.3. The summed E-state index contributed by atoms with van der Waals surface area (Å²) >= 11 is 5.86. The fourth-order valence-corrected chi connectivity index (χ4v) is 4.44. The number of nitrogens with zero attached hydrogens (tertiary/aromatic N) is 5. The minimum Gasteiger partial charge on any atom is -0.382 e. The van der Waals surface area contributed by atoms with Crippen molar-refractivity contribution in [2.24, 2.45) is 4.99 Å². The molecule has 2 saturated heterocycles. The smallest absolute Gasteiger partial charge is 0.302 e. The van der Waals surface area contributed by atoms with Gasteiger partial charge < -0.3 is 27.0 Å². The van der Waals surface area contributed by atoms with Gasteiger partial charge in [-0.3, -0.25) is 14.6 Å². The van der Waals surface area contributed by atoms with Crippen LogP contribution in [0.25, 0.3) is 10.9 Å². The van der Waals surface area contributed by atoms with Crippen LogP contribution in [0.3, 0.4) is 0 Å². The Kier molecular flexibility index (Phi) is 5.40. The van der Waals surface area contributed by atoms with Gasteiger partial charge in [-0.15, -0.1) is 0 Å². The number of nitrogens with two attached hydrogens (primary N) is 2. The molecular formula is C22H22ClN9O2. The largest absolute Gasteiger partial charge is 0.382 e. The topological polar surface area (TPSA) is 165 Å². The van der Waals surface area contributed by atoms with Gasteiger partial charge in [0.2, 0.25) is 0 Å². The van der Waals surface area contributed by atoms with Gasteiger partial charge in [-0.25, -0.2) is 9.97 Å². The lowest BCUT2D eigenvalue weighted by Crippen LogP contribution is -2.53. The molecule has 2 aliphatic rings. The number of fused-ring (bicyclic) bond motifs is 1. The first kappa shape index (κ1) is 21.8. The third-order valence-electron chi connectivity index (χ3n) is 6.18. The highest BCUT2D eigenvalue weighted by Crippen LogP contribution is 2.27. The summed E-state index contributed by atoms with van der Waals surface area (Å²) < 4.78 is 0. The number of aliphatic imine (C=N–C) groups is 1. The van der Waals surface area contributed by atoms with Crippen LogP contribution in [0, 0.1) is 0 Å². The Morgan fingerprint density at radius 3 is 2.68 bits per heavy atom. The first-order valence-electron chi connectivity index (χ1n) is 10.7. The number of anilines is 2. The predicted octanol–water partition coefficient (Wildman–Crippen LogP) is 1.21. The lowest BCUT2D eigenvalue weighted by molar-refractivity contribution is 0.0671. The molecule has 11 nitrogen and oxygen atoms in total. The van der Waals surface area contributed by atoms with Crippen molar-refractivity contribution in [2.45, 2.75) is 18.4 Å². The van der Waals surface area contributed by atoms with Crippen LogP contribution in [0.1, 0.15) is 33.7 Å². The number of amides is 2. The van der Waals surface area contributed by atoms with E-state index in [0.29, 0.717) is 44.0 Å². The van der Waals surface area contributed by atoms with Gasteiger partial charge in [0.1, 0.15) is 0 Å². The Morgan fingerprint density at radius 1 is 1.09 bits per heavy atom. The van der Waals surface area contributed by atoms with Crippen LogP contribution in [-0.4, -0.2) is 62.8 Å². The number of nitrogen functional groups attached to an aromatic ring is 2. The van der Waals surface area contributed by atoms with Crippen LogP contribution in [0.5, 0.6) is 0 Å². The molecule has 2 aromatic heterocycles. The number of hydrogen-bond acceptors (Lipinski definition) is 7. The van der Waals surface area contributed by atoms with E-state index in [1.165, 1.54) is 0 Å². The summed E-state index contributed by atoms with van der Waals surface area (Å²) in [6.07, 6.45) is 3.10. The number of piperidine rings is 1. The molecule has 6 N–H and O–H groups in total. The molecule has 0 bridgehead atoms. The normalized spacial score (nSPS) is 18.1. The van der Waals surface area contributed by atoms with E-state index in [1.54, 1.807) is 6.20 Å². The Bertz CT molecular complexity index is 1330. The van der Waals surface area contributed by atoms with Crippen LogP contribution in [0.15, 0.2) is 41.5 Å². The highest BCUT2D eigenvalue weighted by molar-refractivity contribution is 6.31. The summed E-state index contributed by atoms with van der Waals surface area (Å²) in [6, 6.07) is 9.32. The molecule has 1 spiro atoms. The fourth-order valence-electron chi connectivity index (χ4n) is 4.31. The molecule has 0 atom stereocenters. The third kappa shape index (κ3) is 3.94. The molecule has 2 fully saturated rings. The van der Waals surface area contributed by atoms with Crippen molar-refractivity contribution in [1.29, 1.82) is 0 Å². The molecule has 4 heterocycles. The van der Waals surface area contributed by atoms with Gasteiger partial charge >= 0.3 is 5.91 Å². The number of carbonyl (C=O) groups excluding carboxylic acids is 2. The van der Waals surface area contributed by atoms with Crippen molar-refractivity contribution in [3.63, 3.8) is 0 Å². The number of halogens is 1. The lowest BCUT2D eigenvalue weighted by atomic mass is 9.88. The molecule has 1 aromatic carbocycles. The highest BCUT2D eigenvalue weighted by Gasteiger charge is 2.41. The molecule has 0 aliphatic carbocycles. The minimum absolute atomic E-state index is 0.0160. The number of hydrogen-bond donors (Lipinski definition) is 4. The summed E-state index contributed by atoms with van der Waals surface area (Å²) in [6.45, 7) is 1.71. The first-order valence-corrected chi connectivity index (χ1v) is 11.1. The maximum absolute atomic E-state index is 13.2. The van der Waals surface area contributed by atoms with Crippen molar-refractivity contribution in [1.82, 2.24) is 30.5 Å². The van der Waals surface area contributed by atoms with Crippen molar-refractivity contribution >= 4 is 51.9 Å². The Hall–Kier alpha value is -3.99. The molecule has 0 unspecified atom stereocenters. The van der Waals surface area contributed by atoms with E-state index in [9.17, 15) is 9.59 Å². The molecule has 174 valence electrons. The minimum atomic E-state index is -0.684. The van der Waals surface area contributed by atoms with Crippen LogP contribution in [0.2, 0.25) is 5.15 Å². The maximum Gasteiger partial charge on any atom is 0.302 e. The number of benzene rings is 1. The van der Waals surface area contributed by atoms with Crippen molar-refractivity contribution < 1.29 is 9.59 Å². The number of pyridine rings is 1. The molecule has 3 aromatic rings. The standard InChI is InChI=1S/C22H22ClN9O2/c23-16-18(25)29-17(24)15(28-16)19(33)30-21-27-11-22(31-21)6-9-32(10-7-22)20(34)13-3-1-5-14-12(13)4-2-8-26-14/h1-5,8H,6-7,9-11H2,(H4,24,25,29)(H2,27,30,31,33). The lowest BCUT2D eigenvalue weighted by Gasteiger charge is -2.38. The van der Waals surface area contributed by atoms with E-state index >= 15 is 0 Å². The zero-order valence-corrected chi connectivity index (χ0v) is 18.8. The quantitative estimate of drug-likeness (QED) is 0.422. The highest BCUT2D eigenvalue weighted by atomic mass is 35.5. The van der Waals surface area contributed by atoms with Gasteiger partial charge in [0.05, 0.1) is 11.1 Å². The molecule has 0 saturated carbocycles. The second-order valence-corrected chi connectivity index (χ2v) is 8.68. The summed E-state index contributed by atoms with van der Waals surface area (Å²) in [5.74, 6) is -0.576. The average Bonchev–Trinajstić information content (AvgIpc) is 3.22. The molecule has 2 amide bonds. The van der Waals surface area contributed by atoms with Crippen LogP contribution in [-0.2, 0) is 0 Å². The molecule has 0 radical (unpaired) electrons. The van der Waals surface area contributed by atoms with Gasteiger partial charge in [-0.05, 0) is 31.0 Å². The number of aromatic nitrogens is 3. The fraction of sp³-hybridized carbons (Fsp3) is 0.273. The van der Waals surface area contributed by atoms with E-state index in [1.807, 2.05) is 35.2 Å². The Morgan fingerprint density at radius 2 is 1.88 bits per heavy atom. The predicted molar refractivity (Wildman–Crippen MR) is 128 cm³/mol.